The molecular formula is C27H24ClFN8. The molecule has 0 amide bonds. The van der Waals surface area contributed by atoms with Gasteiger partial charge in [0, 0.05) is 49.2 Å². The van der Waals surface area contributed by atoms with Crippen LogP contribution in [-0.4, -0.2) is 49.4 Å². The van der Waals surface area contributed by atoms with E-state index < -0.39 is 0 Å². The van der Waals surface area contributed by atoms with Crippen LogP contribution in [-0.2, 0) is 5.41 Å². The van der Waals surface area contributed by atoms with Crippen molar-refractivity contribution in [2.45, 2.75) is 11.8 Å². The molecular weight excluding hydrogens is 491 g/mol. The molecule has 8 nitrogen and oxygen atoms in total. The number of hydrogen-bond acceptors (Lipinski definition) is 6. The average molecular weight is 515 g/mol. The Kier molecular flexibility index (Phi) is 5.06. The van der Waals surface area contributed by atoms with Crippen molar-refractivity contribution < 1.29 is 4.39 Å². The summed E-state index contributed by atoms with van der Waals surface area (Å²) in [5, 5.41) is 8.00. The van der Waals surface area contributed by atoms with Gasteiger partial charge in [0.15, 0.2) is 5.82 Å². The van der Waals surface area contributed by atoms with Gasteiger partial charge in [0.25, 0.3) is 0 Å². The molecule has 1 aliphatic carbocycles. The molecule has 1 aliphatic heterocycles. The maximum Gasteiger partial charge on any atom is 0.202 e. The third-order valence-corrected chi connectivity index (χ3v) is 8.48. The summed E-state index contributed by atoms with van der Waals surface area (Å²) >= 11 is 6.74. The van der Waals surface area contributed by atoms with Crippen molar-refractivity contribution in [3.05, 3.63) is 83.7 Å². The molecule has 0 unspecified atom stereocenters. The number of halogens is 2. The second-order valence-electron chi connectivity index (χ2n) is 9.76. The fourth-order valence-corrected chi connectivity index (χ4v) is 6.55. The Morgan fingerprint density at radius 1 is 1.11 bits per heavy atom. The van der Waals surface area contributed by atoms with Gasteiger partial charge in [0.2, 0.25) is 5.65 Å². The lowest BCUT2D eigenvalue weighted by molar-refractivity contribution is 0.533. The molecule has 0 bridgehead atoms. The molecule has 3 atom stereocenters. The molecule has 186 valence electrons. The highest BCUT2D eigenvalue weighted by Crippen LogP contribution is 2.63. The van der Waals surface area contributed by atoms with Gasteiger partial charge in [0.05, 0.1) is 16.9 Å². The van der Waals surface area contributed by atoms with Gasteiger partial charge in [-0.3, -0.25) is 5.10 Å². The van der Waals surface area contributed by atoms with Crippen molar-refractivity contribution in [1.29, 1.82) is 0 Å². The van der Waals surface area contributed by atoms with Crippen LogP contribution in [0.15, 0.2) is 67.3 Å². The summed E-state index contributed by atoms with van der Waals surface area (Å²) in [6.45, 7) is 2.00. The number of piperidine rings is 1. The van der Waals surface area contributed by atoms with Gasteiger partial charge >= 0.3 is 0 Å². The normalized spacial score (nSPS) is 22.8. The van der Waals surface area contributed by atoms with Crippen molar-refractivity contribution in [3.63, 3.8) is 0 Å². The minimum absolute atomic E-state index is 0.172. The Morgan fingerprint density at radius 2 is 1.95 bits per heavy atom. The molecule has 3 N–H and O–H groups in total. The SMILES string of the molecule is NC[C@]1(c2ccccc2F)[C@@H]2CCN(c3cnc4c(-c5ccnc(-n6cccc6)c5Cl)[nH]nc4n3)C[C@@H]21. The first kappa shape index (κ1) is 22.4. The van der Waals surface area contributed by atoms with Crippen molar-refractivity contribution >= 4 is 28.6 Å². The zero-order chi connectivity index (χ0) is 25.1. The van der Waals surface area contributed by atoms with E-state index >= 15 is 0 Å². The molecule has 0 spiro atoms. The zero-order valence-electron chi connectivity index (χ0n) is 19.9. The van der Waals surface area contributed by atoms with E-state index in [4.69, 9.17) is 27.3 Å². The largest absolute Gasteiger partial charge is 0.355 e. The van der Waals surface area contributed by atoms with E-state index in [9.17, 15) is 4.39 Å². The van der Waals surface area contributed by atoms with Crippen LogP contribution in [0.1, 0.15) is 12.0 Å². The molecule has 10 heteroatoms. The number of pyridine rings is 1. The van der Waals surface area contributed by atoms with E-state index in [1.54, 1.807) is 18.5 Å². The van der Waals surface area contributed by atoms with Crippen LogP contribution in [0.5, 0.6) is 0 Å². The first-order valence-electron chi connectivity index (χ1n) is 12.3. The number of rotatable bonds is 5. The number of aromatic nitrogens is 6. The number of nitrogens with two attached hydrogens (primary N) is 1. The second-order valence-corrected chi connectivity index (χ2v) is 10.1. The Labute approximate surface area is 217 Å². The monoisotopic (exact) mass is 514 g/mol. The van der Waals surface area contributed by atoms with E-state index in [0.717, 1.165) is 36.5 Å². The summed E-state index contributed by atoms with van der Waals surface area (Å²) in [7, 11) is 0. The smallest absolute Gasteiger partial charge is 0.202 e. The summed E-state index contributed by atoms with van der Waals surface area (Å²) in [6.07, 6.45) is 8.20. The number of benzene rings is 1. The number of fused-ring (bicyclic) bond motifs is 2. The van der Waals surface area contributed by atoms with E-state index in [2.05, 4.69) is 20.1 Å². The van der Waals surface area contributed by atoms with Gasteiger partial charge in [-0.1, -0.05) is 29.8 Å². The fraction of sp³-hybridized carbons (Fsp3) is 0.259. The summed E-state index contributed by atoms with van der Waals surface area (Å²) in [5.74, 6) is 1.86. The standard InChI is InChI=1S/C27H24ClFN8/c28-22-16(7-9-31-26(22)36-10-3-4-11-36)23-24-25(35-34-23)33-21(13-32-24)37-12-8-17-19(14-37)27(17,15-30)18-5-1-2-6-20(18)29/h1-7,9-11,13,17,19H,8,12,14-15,30H2,(H,33,34,35)/t17-,19+,27-/m1/s1. The fourth-order valence-electron chi connectivity index (χ4n) is 6.24. The molecule has 0 radical (unpaired) electrons. The van der Waals surface area contributed by atoms with E-state index in [1.165, 1.54) is 6.07 Å². The number of nitrogens with one attached hydrogen (secondary N) is 1. The topological polar surface area (TPSA) is 102 Å². The molecule has 1 aromatic carbocycles. The number of aromatic amines is 1. The molecule has 2 aliphatic rings. The Bertz CT molecular complexity index is 1620. The van der Waals surface area contributed by atoms with Gasteiger partial charge in [-0.05, 0) is 48.1 Å². The second kappa shape index (κ2) is 8.36. The van der Waals surface area contributed by atoms with Crippen LogP contribution in [0.3, 0.4) is 0 Å². The lowest BCUT2D eigenvalue weighted by Crippen LogP contribution is -2.32. The van der Waals surface area contributed by atoms with Crippen molar-refractivity contribution in [2.24, 2.45) is 17.6 Å². The Balaban J connectivity index is 1.19. The predicted octanol–water partition coefficient (Wildman–Crippen LogP) is 4.35. The van der Waals surface area contributed by atoms with Crippen LogP contribution in [0.2, 0.25) is 5.02 Å². The predicted molar refractivity (Wildman–Crippen MR) is 140 cm³/mol. The van der Waals surface area contributed by atoms with Crippen LogP contribution < -0.4 is 10.6 Å². The molecule has 5 aromatic rings. The van der Waals surface area contributed by atoms with Crippen LogP contribution in [0.4, 0.5) is 10.2 Å². The summed E-state index contributed by atoms with van der Waals surface area (Å²) in [6, 6.07) is 12.7. The molecule has 4 aromatic heterocycles. The third kappa shape index (κ3) is 3.30. The minimum atomic E-state index is -0.313. The Hall–Kier alpha value is -3.82. The minimum Gasteiger partial charge on any atom is -0.355 e. The van der Waals surface area contributed by atoms with Crippen molar-refractivity contribution in [1.82, 2.24) is 29.7 Å². The number of nitrogens with zero attached hydrogens (tertiary/aromatic N) is 6. The maximum atomic E-state index is 14.7. The molecule has 1 saturated carbocycles. The van der Waals surface area contributed by atoms with E-state index in [1.807, 2.05) is 47.3 Å². The zero-order valence-corrected chi connectivity index (χ0v) is 20.6. The highest BCUT2D eigenvalue weighted by Gasteiger charge is 2.66. The summed E-state index contributed by atoms with van der Waals surface area (Å²) in [5.41, 5.74) is 9.28. The maximum absolute atomic E-state index is 14.7. The van der Waals surface area contributed by atoms with Crippen LogP contribution in [0.25, 0.3) is 28.2 Å². The van der Waals surface area contributed by atoms with E-state index in [-0.39, 0.29) is 17.2 Å². The summed E-state index contributed by atoms with van der Waals surface area (Å²) in [4.78, 5) is 16.2. The quantitative estimate of drug-likeness (QED) is 0.361. The van der Waals surface area contributed by atoms with Crippen molar-refractivity contribution in [3.8, 4) is 17.1 Å². The number of anilines is 1. The van der Waals surface area contributed by atoms with Gasteiger partial charge < -0.3 is 15.2 Å². The number of hydrogen-bond donors (Lipinski definition) is 2. The van der Waals surface area contributed by atoms with E-state index in [0.29, 0.717) is 40.2 Å². The molecule has 37 heavy (non-hydrogen) atoms. The highest BCUT2D eigenvalue weighted by molar-refractivity contribution is 6.35. The van der Waals surface area contributed by atoms with Gasteiger partial charge in [0.1, 0.15) is 17.2 Å². The van der Waals surface area contributed by atoms with Crippen LogP contribution >= 0.6 is 11.6 Å². The molecule has 7 rings (SSSR count). The van der Waals surface area contributed by atoms with Crippen molar-refractivity contribution in [2.75, 3.05) is 24.5 Å². The van der Waals surface area contributed by atoms with Gasteiger partial charge in [-0.15, -0.1) is 0 Å². The molecule has 5 heterocycles. The van der Waals surface area contributed by atoms with Gasteiger partial charge in [-0.2, -0.15) is 5.10 Å². The Morgan fingerprint density at radius 3 is 2.76 bits per heavy atom. The lowest BCUT2D eigenvalue weighted by Gasteiger charge is -2.26. The highest BCUT2D eigenvalue weighted by atomic mass is 35.5. The first-order valence-corrected chi connectivity index (χ1v) is 12.7. The first-order chi connectivity index (χ1) is 18.1. The lowest BCUT2D eigenvalue weighted by atomic mass is 9.91. The van der Waals surface area contributed by atoms with Crippen LogP contribution in [0, 0.1) is 17.7 Å². The average Bonchev–Trinajstić information content (AvgIpc) is 3.26. The summed E-state index contributed by atoms with van der Waals surface area (Å²) < 4.78 is 16.6. The number of H-pyrrole nitrogens is 1. The molecule has 2 fully saturated rings. The van der Waals surface area contributed by atoms with Gasteiger partial charge in [-0.25, -0.2) is 19.3 Å². The molecule has 1 saturated heterocycles. The third-order valence-electron chi connectivity index (χ3n) is 8.11.